The number of carbonyl (C=O) groups excluding carboxylic acids is 1. The lowest BCUT2D eigenvalue weighted by atomic mass is 10.1. The van der Waals surface area contributed by atoms with Gasteiger partial charge >= 0.3 is 0 Å². The Balaban J connectivity index is 1.48. The van der Waals surface area contributed by atoms with Crippen molar-refractivity contribution >= 4 is 11.9 Å². The molecule has 0 saturated heterocycles. The molecule has 1 aliphatic rings. The maximum atomic E-state index is 12.5. The van der Waals surface area contributed by atoms with Gasteiger partial charge in [0.05, 0.1) is 12.7 Å². The number of Topliss-reactive ketones (excluding diaryl/α,β-unsaturated/α-hetero) is 1. The summed E-state index contributed by atoms with van der Waals surface area (Å²) in [4.78, 5) is 16.5. The fourth-order valence-electron chi connectivity index (χ4n) is 2.76. The highest BCUT2D eigenvalue weighted by molar-refractivity contribution is 6.14. The Morgan fingerprint density at radius 3 is 2.63 bits per heavy atom. The first-order chi connectivity index (χ1) is 13.2. The third kappa shape index (κ3) is 3.67. The Labute approximate surface area is 156 Å². The number of nitrogens with zero attached hydrogens (tertiary/aromatic N) is 1. The standard InChI is InChI=1S/C22H17NO4/c1-25-17-6-4-15(5-7-17)14-26-18-8-9-19-20(12-18)27-21(22(19)24)11-16-3-2-10-23-13-16/h2-13H,14H2,1H3. The number of rotatable bonds is 5. The second-order valence-corrected chi connectivity index (χ2v) is 6.02. The zero-order valence-corrected chi connectivity index (χ0v) is 14.7. The summed E-state index contributed by atoms with van der Waals surface area (Å²) >= 11 is 0. The number of methoxy groups -OCH3 is 1. The first-order valence-electron chi connectivity index (χ1n) is 8.47. The average molecular weight is 359 g/mol. The van der Waals surface area contributed by atoms with E-state index in [0.29, 0.717) is 23.7 Å². The normalized spacial score (nSPS) is 14.0. The average Bonchev–Trinajstić information content (AvgIpc) is 3.02. The number of ketones is 1. The Kier molecular flexibility index (Phi) is 4.58. The Hall–Kier alpha value is -3.60. The smallest absolute Gasteiger partial charge is 0.231 e. The largest absolute Gasteiger partial charge is 0.497 e. The van der Waals surface area contributed by atoms with Crippen LogP contribution >= 0.6 is 0 Å². The molecule has 0 aliphatic carbocycles. The fraction of sp³-hybridized carbons (Fsp3) is 0.0909. The maximum Gasteiger partial charge on any atom is 0.231 e. The van der Waals surface area contributed by atoms with E-state index < -0.39 is 0 Å². The van der Waals surface area contributed by atoms with Gasteiger partial charge in [0.25, 0.3) is 0 Å². The third-order valence-electron chi connectivity index (χ3n) is 4.19. The van der Waals surface area contributed by atoms with E-state index in [4.69, 9.17) is 14.2 Å². The molecule has 0 spiro atoms. The Morgan fingerprint density at radius 1 is 1.07 bits per heavy atom. The van der Waals surface area contributed by atoms with Crippen LogP contribution in [-0.4, -0.2) is 17.9 Å². The Bertz CT molecular complexity index is 995. The summed E-state index contributed by atoms with van der Waals surface area (Å²) in [6.45, 7) is 0.412. The predicted octanol–water partition coefficient (Wildman–Crippen LogP) is 4.29. The molecule has 2 aromatic carbocycles. The lowest BCUT2D eigenvalue weighted by Gasteiger charge is -2.08. The molecule has 0 N–H and O–H groups in total. The minimum Gasteiger partial charge on any atom is -0.497 e. The van der Waals surface area contributed by atoms with Crippen LogP contribution in [-0.2, 0) is 6.61 Å². The van der Waals surface area contributed by atoms with E-state index in [1.54, 1.807) is 43.8 Å². The SMILES string of the molecule is COc1ccc(COc2ccc3c(c2)OC(=Cc2cccnc2)C3=O)cc1. The topological polar surface area (TPSA) is 57.6 Å². The van der Waals surface area contributed by atoms with Crippen molar-refractivity contribution in [3.8, 4) is 17.2 Å². The van der Waals surface area contributed by atoms with Gasteiger partial charge in [-0.2, -0.15) is 0 Å². The predicted molar refractivity (Wildman–Crippen MR) is 101 cm³/mol. The van der Waals surface area contributed by atoms with E-state index in [-0.39, 0.29) is 11.5 Å². The van der Waals surface area contributed by atoms with Crippen LogP contribution in [0.4, 0.5) is 0 Å². The van der Waals surface area contributed by atoms with E-state index in [1.807, 2.05) is 36.4 Å². The summed E-state index contributed by atoms with van der Waals surface area (Å²) in [6, 6.07) is 16.6. The summed E-state index contributed by atoms with van der Waals surface area (Å²) in [5.74, 6) is 2.08. The fourth-order valence-corrected chi connectivity index (χ4v) is 2.76. The van der Waals surface area contributed by atoms with Crippen LogP contribution in [0, 0.1) is 0 Å². The van der Waals surface area contributed by atoms with Crippen molar-refractivity contribution < 1.29 is 19.0 Å². The van der Waals surface area contributed by atoms with Crippen molar-refractivity contribution in [1.82, 2.24) is 4.98 Å². The maximum absolute atomic E-state index is 12.5. The number of ether oxygens (including phenoxy) is 3. The quantitative estimate of drug-likeness (QED) is 0.636. The highest BCUT2D eigenvalue weighted by Gasteiger charge is 2.27. The highest BCUT2D eigenvalue weighted by Crippen LogP contribution is 2.35. The molecule has 134 valence electrons. The molecule has 0 amide bonds. The number of benzene rings is 2. The zero-order chi connectivity index (χ0) is 18.6. The molecule has 0 bridgehead atoms. The van der Waals surface area contributed by atoms with Crippen molar-refractivity contribution in [2.24, 2.45) is 0 Å². The molecule has 5 heteroatoms. The van der Waals surface area contributed by atoms with Crippen molar-refractivity contribution in [2.45, 2.75) is 6.61 Å². The van der Waals surface area contributed by atoms with E-state index in [1.165, 1.54) is 0 Å². The van der Waals surface area contributed by atoms with Crippen molar-refractivity contribution in [2.75, 3.05) is 7.11 Å². The summed E-state index contributed by atoms with van der Waals surface area (Å²) in [5, 5.41) is 0. The van der Waals surface area contributed by atoms with Gasteiger partial charge in [0, 0.05) is 18.5 Å². The van der Waals surface area contributed by atoms with Gasteiger partial charge in [0.1, 0.15) is 23.9 Å². The molecule has 0 saturated carbocycles. The van der Waals surface area contributed by atoms with E-state index in [9.17, 15) is 4.79 Å². The van der Waals surface area contributed by atoms with E-state index >= 15 is 0 Å². The first-order valence-corrected chi connectivity index (χ1v) is 8.47. The second kappa shape index (κ2) is 7.33. The summed E-state index contributed by atoms with van der Waals surface area (Å²) < 4.78 is 16.7. The molecule has 1 aliphatic heterocycles. The molecule has 27 heavy (non-hydrogen) atoms. The lowest BCUT2D eigenvalue weighted by Crippen LogP contribution is -1.98. The minimum absolute atomic E-state index is 0.143. The zero-order valence-electron chi connectivity index (χ0n) is 14.7. The number of fused-ring (bicyclic) bond motifs is 1. The molecule has 0 atom stereocenters. The van der Waals surface area contributed by atoms with Gasteiger partial charge in [-0.1, -0.05) is 18.2 Å². The Morgan fingerprint density at radius 2 is 1.89 bits per heavy atom. The van der Waals surface area contributed by atoms with Crippen molar-refractivity contribution in [1.29, 1.82) is 0 Å². The molecule has 2 heterocycles. The van der Waals surface area contributed by atoms with Crippen molar-refractivity contribution in [3.63, 3.8) is 0 Å². The monoisotopic (exact) mass is 359 g/mol. The van der Waals surface area contributed by atoms with Crippen LogP contribution in [0.25, 0.3) is 6.08 Å². The lowest BCUT2D eigenvalue weighted by molar-refractivity contribution is 0.101. The summed E-state index contributed by atoms with van der Waals surface area (Å²) in [7, 11) is 1.63. The number of pyridine rings is 1. The van der Waals surface area contributed by atoms with Gasteiger partial charge in [-0.3, -0.25) is 9.78 Å². The van der Waals surface area contributed by atoms with Crippen molar-refractivity contribution in [3.05, 3.63) is 89.4 Å². The van der Waals surface area contributed by atoms with Gasteiger partial charge < -0.3 is 14.2 Å². The number of aromatic nitrogens is 1. The molecule has 3 aromatic rings. The van der Waals surface area contributed by atoms with Gasteiger partial charge in [-0.25, -0.2) is 0 Å². The van der Waals surface area contributed by atoms with Crippen LogP contribution in [0.3, 0.4) is 0 Å². The van der Waals surface area contributed by atoms with Crippen LogP contribution in [0.5, 0.6) is 17.2 Å². The van der Waals surface area contributed by atoms with Gasteiger partial charge in [0.2, 0.25) is 5.78 Å². The first kappa shape index (κ1) is 16.8. The molecule has 0 radical (unpaired) electrons. The molecule has 4 rings (SSSR count). The van der Waals surface area contributed by atoms with E-state index in [2.05, 4.69) is 4.98 Å². The second-order valence-electron chi connectivity index (χ2n) is 6.02. The van der Waals surface area contributed by atoms with Crippen LogP contribution in [0.2, 0.25) is 0 Å². The van der Waals surface area contributed by atoms with Crippen LogP contribution < -0.4 is 14.2 Å². The van der Waals surface area contributed by atoms with E-state index in [0.717, 1.165) is 16.9 Å². The summed E-state index contributed by atoms with van der Waals surface area (Å²) in [5.41, 5.74) is 2.36. The van der Waals surface area contributed by atoms with Gasteiger partial charge in [0.15, 0.2) is 5.76 Å². The van der Waals surface area contributed by atoms with Crippen LogP contribution in [0.1, 0.15) is 21.5 Å². The number of hydrogen-bond acceptors (Lipinski definition) is 5. The molecular weight excluding hydrogens is 342 g/mol. The third-order valence-corrected chi connectivity index (χ3v) is 4.19. The number of carbonyl (C=O) groups is 1. The summed E-state index contributed by atoms with van der Waals surface area (Å²) in [6.07, 6.45) is 5.05. The van der Waals surface area contributed by atoms with Crippen LogP contribution in [0.15, 0.2) is 72.8 Å². The molecule has 5 nitrogen and oxygen atoms in total. The number of allylic oxidation sites excluding steroid dienone is 1. The number of hydrogen-bond donors (Lipinski definition) is 0. The molecule has 0 unspecified atom stereocenters. The molecular formula is C22H17NO4. The highest BCUT2D eigenvalue weighted by atomic mass is 16.5. The molecule has 0 fully saturated rings. The van der Waals surface area contributed by atoms with Gasteiger partial charge in [-0.15, -0.1) is 0 Å². The minimum atomic E-state index is -0.143. The molecule has 1 aromatic heterocycles. The van der Waals surface area contributed by atoms with Gasteiger partial charge in [-0.05, 0) is 47.5 Å².